The fourth-order valence-electron chi connectivity index (χ4n) is 2.08. The number of nitriles is 1. The molecule has 1 amide bonds. The van der Waals surface area contributed by atoms with Crippen LogP contribution in [0, 0.1) is 11.3 Å². The quantitative estimate of drug-likeness (QED) is 0.849. The zero-order valence-electron chi connectivity index (χ0n) is 10.8. The van der Waals surface area contributed by atoms with Gasteiger partial charge in [0, 0.05) is 12.1 Å². The summed E-state index contributed by atoms with van der Waals surface area (Å²) in [5.41, 5.74) is 1.30. The Morgan fingerprint density at radius 2 is 2.10 bits per heavy atom. The summed E-state index contributed by atoms with van der Waals surface area (Å²) in [5.74, 6) is -0.226. The van der Waals surface area contributed by atoms with E-state index in [0.29, 0.717) is 18.7 Å². The molecule has 104 valence electrons. The highest BCUT2D eigenvalue weighted by molar-refractivity contribution is 5.97. The van der Waals surface area contributed by atoms with Gasteiger partial charge in [0.05, 0.1) is 25.6 Å². The van der Waals surface area contributed by atoms with Gasteiger partial charge in [-0.05, 0) is 5.56 Å². The van der Waals surface area contributed by atoms with Gasteiger partial charge in [0.25, 0.3) is 0 Å². The monoisotopic (exact) mass is 274 g/mol. The molecule has 1 aromatic carbocycles. The van der Waals surface area contributed by atoms with Gasteiger partial charge in [0.1, 0.15) is 6.10 Å². The summed E-state index contributed by atoms with van der Waals surface area (Å²) in [5, 5.41) is 17.5. The molecule has 6 heteroatoms. The van der Waals surface area contributed by atoms with E-state index in [4.69, 9.17) is 15.1 Å². The van der Waals surface area contributed by atoms with Crippen molar-refractivity contribution in [1.29, 1.82) is 5.26 Å². The first-order valence-corrected chi connectivity index (χ1v) is 6.21. The summed E-state index contributed by atoms with van der Waals surface area (Å²) < 4.78 is 5.55. The molecule has 0 spiro atoms. The van der Waals surface area contributed by atoms with Crippen molar-refractivity contribution in [3.05, 3.63) is 35.4 Å². The number of carbonyl (C=O) groups excluding carboxylic acids is 1. The zero-order valence-corrected chi connectivity index (χ0v) is 10.8. The van der Waals surface area contributed by atoms with Gasteiger partial charge < -0.3 is 14.7 Å². The van der Waals surface area contributed by atoms with Crippen LogP contribution in [-0.2, 0) is 4.74 Å². The summed E-state index contributed by atoms with van der Waals surface area (Å²) in [6.07, 6.45) is -1.43. The van der Waals surface area contributed by atoms with Crippen LogP contribution >= 0.6 is 0 Å². The molecule has 1 saturated heterocycles. The van der Waals surface area contributed by atoms with Gasteiger partial charge in [-0.3, -0.25) is 4.79 Å². The summed E-state index contributed by atoms with van der Waals surface area (Å²) in [6, 6.07) is 8.56. The Kier molecular flexibility index (Phi) is 4.33. The van der Waals surface area contributed by atoms with Crippen LogP contribution in [0.4, 0.5) is 4.79 Å². The normalized spacial score (nSPS) is 18.4. The number of rotatable bonds is 3. The molecule has 2 rings (SSSR count). The fourth-order valence-corrected chi connectivity index (χ4v) is 2.08. The number of amides is 1. The second-order valence-corrected chi connectivity index (χ2v) is 4.47. The molecule has 1 aliphatic heterocycles. The molecule has 0 radical (unpaired) electrons. The number of nitrogens with zero attached hydrogens (tertiary/aromatic N) is 2. The van der Waals surface area contributed by atoms with Crippen LogP contribution in [0.5, 0.6) is 0 Å². The van der Waals surface area contributed by atoms with E-state index in [1.54, 1.807) is 24.3 Å². The third-order valence-corrected chi connectivity index (χ3v) is 3.18. The van der Waals surface area contributed by atoms with Crippen molar-refractivity contribution in [2.45, 2.75) is 12.5 Å². The van der Waals surface area contributed by atoms with Crippen molar-refractivity contribution in [3.8, 4) is 6.07 Å². The number of Topliss-reactive ketones (excluding diaryl/α,β-unsaturated/α-hetero) is 1. The Bertz CT molecular complexity index is 547. The Morgan fingerprint density at radius 3 is 2.70 bits per heavy atom. The number of ether oxygens (including phenoxy) is 1. The first-order chi connectivity index (χ1) is 9.61. The van der Waals surface area contributed by atoms with E-state index in [9.17, 15) is 9.59 Å². The Morgan fingerprint density at radius 1 is 1.40 bits per heavy atom. The number of hydrogen-bond donors (Lipinski definition) is 1. The van der Waals surface area contributed by atoms with Crippen LogP contribution < -0.4 is 0 Å². The minimum Gasteiger partial charge on any atom is -0.465 e. The van der Waals surface area contributed by atoms with E-state index in [1.165, 1.54) is 4.90 Å². The van der Waals surface area contributed by atoms with Crippen LogP contribution in [-0.4, -0.2) is 41.6 Å². The molecule has 0 saturated carbocycles. The van der Waals surface area contributed by atoms with E-state index in [0.717, 1.165) is 5.56 Å². The van der Waals surface area contributed by atoms with E-state index in [2.05, 4.69) is 0 Å². The molecule has 6 nitrogen and oxygen atoms in total. The molecular weight excluding hydrogens is 260 g/mol. The van der Waals surface area contributed by atoms with E-state index < -0.39 is 6.09 Å². The highest BCUT2D eigenvalue weighted by atomic mass is 16.5. The lowest BCUT2D eigenvalue weighted by atomic mass is 10.0. The molecule has 1 aliphatic rings. The van der Waals surface area contributed by atoms with Crippen LogP contribution in [0.25, 0.3) is 0 Å². The molecule has 0 bridgehead atoms. The number of hydrogen-bond acceptors (Lipinski definition) is 4. The Balaban J connectivity index is 2.08. The predicted molar refractivity (Wildman–Crippen MR) is 69.3 cm³/mol. The number of carboxylic acid groups (broad SMARTS) is 1. The van der Waals surface area contributed by atoms with Crippen molar-refractivity contribution in [2.24, 2.45) is 0 Å². The molecule has 0 aromatic heterocycles. The number of benzene rings is 1. The van der Waals surface area contributed by atoms with Crippen molar-refractivity contribution < 1.29 is 19.4 Å². The predicted octanol–water partition coefficient (Wildman–Crippen LogP) is 1.83. The van der Waals surface area contributed by atoms with Crippen LogP contribution in [0.15, 0.2) is 24.3 Å². The van der Waals surface area contributed by atoms with Gasteiger partial charge in [0.2, 0.25) is 0 Å². The first kappa shape index (κ1) is 14.0. The van der Waals surface area contributed by atoms with Gasteiger partial charge in [-0.1, -0.05) is 24.3 Å². The summed E-state index contributed by atoms with van der Waals surface area (Å²) in [4.78, 5) is 23.8. The molecule has 1 atom stereocenters. The molecule has 1 aromatic rings. The summed E-state index contributed by atoms with van der Waals surface area (Å²) in [7, 11) is 0. The lowest BCUT2D eigenvalue weighted by molar-refractivity contribution is -0.0232. The second-order valence-electron chi connectivity index (χ2n) is 4.47. The van der Waals surface area contributed by atoms with Crippen molar-refractivity contribution in [1.82, 2.24) is 4.90 Å². The Labute approximate surface area is 116 Å². The van der Waals surface area contributed by atoms with Gasteiger partial charge in [-0.25, -0.2) is 4.79 Å². The first-order valence-electron chi connectivity index (χ1n) is 6.21. The summed E-state index contributed by atoms with van der Waals surface area (Å²) >= 11 is 0. The highest BCUT2D eigenvalue weighted by Crippen LogP contribution is 2.22. The van der Waals surface area contributed by atoms with Crippen LogP contribution in [0.2, 0.25) is 0 Å². The molecule has 20 heavy (non-hydrogen) atoms. The standard InChI is InChI=1S/C14H14N2O4/c15-6-5-12(17)10-1-3-11(4-2-10)13-9-16(14(18)19)7-8-20-13/h1-4,13H,5,7-9H2,(H,18,19). The lowest BCUT2D eigenvalue weighted by Crippen LogP contribution is -2.41. The molecular formula is C14H14N2O4. The average Bonchev–Trinajstić information content (AvgIpc) is 2.48. The maximum absolute atomic E-state index is 11.5. The SMILES string of the molecule is N#CCC(=O)c1ccc(C2CN(C(=O)O)CCO2)cc1. The lowest BCUT2D eigenvalue weighted by Gasteiger charge is -2.31. The van der Waals surface area contributed by atoms with Crippen LogP contribution in [0.3, 0.4) is 0 Å². The third-order valence-electron chi connectivity index (χ3n) is 3.18. The number of morpholine rings is 1. The van der Waals surface area contributed by atoms with Crippen molar-refractivity contribution >= 4 is 11.9 Å². The minimum atomic E-state index is -0.959. The Hall–Kier alpha value is -2.39. The topological polar surface area (TPSA) is 90.6 Å². The maximum atomic E-state index is 11.5. The number of carbonyl (C=O) groups is 2. The molecule has 1 fully saturated rings. The van der Waals surface area contributed by atoms with Gasteiger partial charge in [0.15, 0.2) is 5.78 Å². The minimum absolute atomic E-state index is 0.147. The smallest absolute Gasteiger partial charge is 0.407 e. The average molecular weight is 274 g/mol. The molecule has 1 N–H and O–H groups in total. The van der Waals surface area contributed by atoms with Crippen molar-refractivity contribution in [3.63, 3.8) is 0 Å². The van der Waals surface area contributed by atoms with Gasteiger partial charge >= 0.3 is 6.09 Å². The van der Waals surface area contributed by atoms with E-state index in [-0.39, 0.29) is 24.9 Å². The van der Waals surface area contributed by atoms with Crippen LogP contribution in [0.1, 0.15) is 28.4 Å². The van der Waals surface area contributed by atoms with Gasteiger partial charge in [-0.15, -0.1) is 0 Å². The van der Waals surface area contributed by atoms with E-state index >= 15 is 0 Å². The highest BCUT2D eigenvalue weighted by Gasteiger charge is 2.25. The third kappa shape index (κ3) is 3.13. The second kappa shape index (κ2) is 6.17. The van der Waals surface area contributed by atoms with E-state index in [1.807, 2.05) is 6.07 Å². The molecule has 0 aliphatic carbocycles. The zero-order chi connectivity index (χ0) is 14.5. The fraction of sp³-hybridized carbons (Fsp3) is 0.357. The largest absolute Gasteiger partial charge is 0.465 e. The molecule has 1 unspecified atom stereocenters. The maximum Gasteiger partial charge on any atom is 0.407 e. The van der Waals surface area contributed by atoms with Gasteiger partial charge in [-0.2, -0.15) is 5.26 Å². The molecule has 1 heterocycles. The van der Waals surface area contributed by atoms with Crippen molar-refractivity contribution in [2.75, 3.05) is 19.7 Å². The summed E-state index contributed by atoms with van der Waals surface area (Å²) in [6.45, 7) is 0.997. The number of ketones is 1.